The Morgan fingerprint density at radius 3 is 2.33 bits per heavy atom. The Hall–Kier alpha value is -0.120. The van der Waals surface area contributed by atoms with Crippen LogP contribution < -0.4 is 5.32 Å². The van der Waals surface area contributed by atoms with Gasteiger partial charge in [-0.2, -0.15) is 0 Å². The number of rotatable bonds is 8. The Bertz CT molecular complexity index is 156. The minimum absolute atomic E-state index is 0.162. The van der Waals surface area contributed by atoms with E-state index in [1.54, 1.807) is 0 Å². The van der Waals surface area contributed by atoms with E-state index in [1.807, 2.05) is 14.0 Å². The summed E-state index contributed by atoms with van der Waals surface area (Å²) in [5.74, 6) is 0.568. The molecule has 3 nitrogen and oxygen atoms in total. The summed E-state index contributed by atoms with van der Waals surface area (Å²) in [7, 11) is 1.88. The number of hydrogen-bond donors (Lipinski definition) is 2. The second kappa shape index (κ2) is 7.20. The van der Waals surface area contributed by atoms with Gasteiger partial charge in [0.05, 0.1) is 12.7 Å². The van der Waals surface area contributed by atoms with Crippen molar-refractivity contribution in [3.8, 4) is 0 Å². The van der Waals surface area contributed by atoms with Gasteiger partial charge in [-0.25, -0.2) is 0 Å². The van der Waals surface area contributed by atoms with Gasteiger partial charge in [0.1, 0.15) is 0 Å². The van der Waals surface area contributed by atoms with Crippen molar-refractivity contribution in [2.75, 3.05) is 20.3 Å². The van der Waals surface area contributed by atoms with Crippen LogP contribution in [0.25, 0.3) is 0 Å². The van der Waals surface area contributed by atoms with E-state index in [9.17, 15) is 5.11 Å². The van der Waals surface area contributed by atoms with E-state index in [-0.39, 0.29) is 12.1 Å². The van der Waals surface area contributed by atoms with Crippen LogP contribution in [0.3, 0.4) is 0 Å². The third-order valence-electron chi connectivity index (χ3n) is 3.14. The third-order valence-corrected chi connectivity index (χ3v) is 3.14. The molecular weight excluding hydrogens is 190 g/mol. The van der Waals surface area contributed by atoms with E-state index in [0.717, 1.165) is 19.4 Å². The first kappa shape index (κ1) is 14.9. The molecular formula is C12H27NO2. The Labute approximate surface area is 94.2 Å². The molecule has 0 saturated heterocycles. The lowest BCUT2D eigenvalue weighted by Crippen LogP contribution is -2.43. The van der Waals surface area contributed by atoms with Gasteiger partial charge in [-0.3, -0.25) is 0 Å². The number of nitrogens with one attached hydrogen (secondary N) is 1. The zero-order valence-electron chi connectivity index (χ0n) is 10.8. The van der Waals surface area contributed by atoms with Crippen LogP contribution in [-0.2, 0) is 4.74 Å². The molecule has 0 amide bonds. The summed E-state index contributed by atoms with van der Waals surface area (Å²) in [5.41, 5.74) is -0.162. The Morgan fingerprint density at radius 2 is 1.93 bits per heavy atom. The average Bonchev–Trinajstić information content (AvgIpc) is 2.23. The molecule has 0 saturated carbocycles. The Kier molecular flexibility index (Phi) is 7.14. The van der Waals surface area contributed by atoms with Crippen LogP contribution in [0.5, 0.6) is 0 Å². The molecule has 92 valence electrons. The molecule has 0 aromatic rings. The average molecular weight is 217 g/mol. The zero-order valence-corrected chi connectivity index (χ0v) is 10.8. The maximum Gasteiger partial charge on any atom is 0.0610 e. The quantitative estimate of drug-likeness (QED) is 0.609. The van der Waals surface area contributed by atoms with Crippen LogP contribution >= 0.6 is 0 Å². The van der Waals surface area contributed by atoms with E-state index in [1.165, 1.54) is 0 Å². The molecule has 2 N–H and O–H groups in total. The minimum atomic E-state index is -0.162. The molecule has 0 fully saturated rings. The molecule has 0 radical (unpaired) electrons. The summed E-state index contributed by atoms with van der Waals surface area (Å²) < 4.78 is 5.68. The molecule has 0 spiro atoms. The van der Waals surface area contributed by atoms with Crippen molar-refractivity contribution in [1.29, 1.82) is 0 Å². The van der Waals surface area contributed by atoms with Crippen molar-refractivity contribution in [3.63, 3.8) is 0 Å². The lowest BCUT2D eigenvalue weighted by Gasteiger charge is -2.27. The number of likely N-dealkylation sites (N-methyl/N-ethyl adjacent to an activating group) is 1. The van der Waals surface area contributed by atoms with Gasteiger partial charge >= 0.3 is 0 Å². The number of ether oxygens (including phenoxy) is 1. The van der Waals surface area contributed by atoms with Crippen LogP contribution in [-0.4, -0.2) is 37.0 Å². The van der Waals surface area contributed by atoms with E-state index < -0.39 is 0 Å². The van der Waals surface area contributed by atoms with E-state index in [2.05, 4.69) is 26.1 Å². The van der Waals surface area contributed by atoms with Crippen LogP contribution in [0.4, 0.5) is 0 Å². The monoisotopic (exact) mass is 217 g/mol. The van der Waals surface area contributed by atoms with Gasteiger partial charge in [-0.15, -0.1) is 0 Å². The predicted molar refractivity (Wildman–Crippen MR) is 64.0 cm³/mol. The summed E-state index contributed by atoms with van der Waals surface area (Å²) in [6.07, 6.45) is 2.24. The molecule has 2 unspecified atom stereocenters. The normalized spacial score (nSPS) is 17.8. The highest BCUT2D eigenvalue weighted by Crippen LogP contribution is 2.12. The first-order valence-corrected chi connectivity index (χ1v) is 5.86. The summed E-state index contributed by atoms with van der Waals surface area (Å²) >= 11 is 0. The van der Waals surface area contributed by atoms with Gasteiger partial charge in [0.15, 0.2) is 0 Å². The maximum absolute atomic E-state index is 9.18. The first-order valence-electron chi connectivity index (χ1n) is 5.86. The standard InChI is InChI=1S/C12H27NO2/c1-10(2)11(3)15-8-6-7-12(4,9-14)13-5/h10-11,13-14H,6-9H2,1-5H3. The van der Waals surface area contributed by atoms with Gasteiger partial charge in [0.25, 0.3) is 0 Å². The molecule has 0 aliphatic carbocycles. The first-order chi connectivity index (χ1) is 6.95. The second-order valence-corrected chi connectivity index (χ2v) is 4.89. The molecule has 0 heterocycles. The van der Waals surface area contributed by atoms with Gasteiger partial charge in [0.2, 0.25) is 0 Å². The molecule has 0 aromatic heterocycles. The molecule has 3 heteroatoms. The van der Waals surface area contributed by atoms with Gasteiger partial charge in [-0.05, 0) is 39.7 Å². The van der Waals surface area contributed by atoms with Gasteiger partial charge in [-0.1, -0.05) is 13.8 Å². The molecule has 0 aliphatic heterocycles. The fourth-order valence-corrected chi connectivity index (χ4v) is 1.21. The summed E-state index contributed by atoms with van der Waals surface area (Å²) in [6, 6.07) is 0. The van der Waals surface area contributed by atoms with E-state index in [0.29, 0.717) is 12.0 Å². The summed E-state index contributed by atoms with van der Waals surface area (Å²) in [6.45, 7) is 9.40. The summed E-state index contributed by atoms with van der Waals surface area (Å²) in [4.78, 5) is 0. The zero-order chi connectivity index (χ0) is 11.9. The van der Waals surface area contributed by atoms with Crippen molar-refractivity contribution in [2.24, 2.45) is 5.92 Å². The third kappa shape index (κ3) is 6.13. The fraction of sp³-hybridized carbons (Fsp3) is 1.00. The van der Waals surface area contributed by atoms with Gasteiger partial charge < -0.3 is 15.2 Å². The summed E-state index contributed by atoms with van der Waals surface area (Å²) in [5, 5.41) is 12.3. The van der Waals surface area contributed by atoms with E-state index in [4.69, 9.17) is 4.74 Å². The molecule has 2 atom stereocenters. The second-order valence-electron chi connectivity index (χ2n) is 4.89. The minimum Gasteiger partial charge on any atom is -0.394 e. The van der Waals surface area contributed by atoms with E-state index >= 15 is 0 Å². The largest absolute Gasteiger partial charge is 0.394 e. The van der Waals surface area contributed by atoms with Crippen LogP contribution in [0.15, 0.2) is 0 Å². The highest BCUT2D eigenvalue weighted by atomic mass is 16.5. The molecule has 0 aliphatic rings. The topological polar surface area (TPSA) is 41.5 Å². The predicted octanol–water partition coefficient (Wildman–Crippen LogP) is 1.80. The van der Waals surface area contributed by atoms with Crippen LogP contribution in [0.1, 0.15) is 40.5 Å². The van der Waals surface area contributed by atoms with Gasteiger partial charge in [0, 0.05) is 12.1 Å². The van der Waals surface area contributed by atoms with Crippen molar-refractivity contribution >= 4 is 0 Å². The highest BCUT2D eigenvalue weighted by molar-refractivity contribution is 4.79. The van der Waals surface area contributed by atoms with Crippen molar-refractivity contribution < 1.29 is 9.84 Å². The smallest absolute Gasteiger partial charge is 0.0610 e. The Balaban J connectivity index is 3.62. The Morgan fingerprint density at radius 1 is 1.33 bits per heavy atom. The van der Waals surface area contributed by atoms with Crippen LogP contribution in [0, 0.1) is 5.92 Å². The molecule has 0 aromatic carbocycles. The molecule has 0 bridgehead atoms. The number of aliphatic hydroxyl groups excluding tert-OH is 1. The highest BCUT2D eigenvalue weighted by Gasteiger charge is 2.19. The van der Waals surface area contributed by atoms with Crippen molar-refractivity contribution in [2.45, 2.75) is 52.2 Å². The lowest BCUT2D eigenvalue weighted by molar-refractivity contribution is 0.0287. The van der Waals surface area contributed by atoms with Crippen LogP contribution in [0.2, 0.25) is 0 Å². The maximum atomic E-state index is 9.18. The molecule has 15 heavy (non-hydrogen) atoms. The lowest BCUT2D eigenvalue weighted by atomic mass is 9.97. The van der Waals surface area contributed by atoms with Crippen molar-refractivity contribution in [1.82, 2.24) is 5.32 Å². The van der Waals surface area contributed by atoms with Crippen molar-refractivity contribution in [3.05, 3.63) is 0 Å². The fourth-order valence-electron chi connectivity index (χ4n) is 1.21. The number of aliphatic hydroxyl groups is 1. The molecule has 0 rings (SSSR count). The number of hydrogen-bond acceptors (Lipinski definition) is 3. The SMILES string of the molecule is CNC(C)(CO)CCCOC(C)C(C)C.